The third kappa shape index (κ3) is 11.3. The number of methoxy groups -OCH3 is 2. The van der Waals surface area contributed by atoms with E-state index < -0.39 is 11.9 Å². The molecule has 0 saturated carbocycles. The van der Waals surface area contributed by atoms with E-state index in [0.29, 0.717) is 35.6 Å². The van der Waals surface area contributed by atoms with Gasteiger partial charge in [-0.2, -0.15) is 0 Å². The molecule has 0 aliphatic carbocycles. The van der Waals surface area contributed by atoms with E-state index in [1.165, 1.54) is 14.2 Å². The summed E-state index contributed by atoms with van der Waals surface area (Å²) in [4.78, 5) is 22.9. The molecule has 0 radical (unpaired) electrons. The van der Waals surface area contributed by atoms with Crippen LogP contribution in [0.5, 0.6) is 0 Å². The predicted molar refractivity (Wildman–Crippen MR) is 142 cm³/mol. The Morgan fingerprint density at radius 3 is 1.38 bits per heavy atom. The highest BCUT2D eigenvalue weighted by molar-refractivity contribution is 5.92. The van der Waals surface area contributed by atoms with E-state index in [9.17, 15) is 9.59 Å². The Bertz CT molecular complexity index is 853. The van der Waals surface area contributed by atoms with Crippen molar-refractivity contribution in [3.8, 4) is 0 Å². The van der Waals surface area contributed by atoms with Crippen LogP contribution in [0.2, 0.25) is 0 Å². The Hall–Kier alpha value is -3.68. The molecule has 0 saturated heterocycles. The highest BCUT2D eigenvalue weighted by Gasteiger charge is 2.08. The summed E-state index contributed by atoms with van der Waals surface area (Å²) in [5.41, 5.74) is 15.1. The summed E-state index contributed by atoms with van der Waals surface area (Å²) in [5.74, 6) is -0.0220. The molecule has 34 heavy (non-hydrogen) atoms. The molecule has 6 N–H and O–H groups in total. The summed E-state index contributed by atoms with van der Waals surface area (Å²) in [7, 11) is 2.65. The van der Waals surface area contributed by atoms with Gasteiger partial charge in [-0.1, -0.05) is 46.8 Å². The molecule has 188 valence electrons. The number of esters is 2. The number of hydrogen-bond donors (Lipinski definition) is 4. The molecule has 0 atom stereocenters. The highest BCUT2D eigenvalue weighted by atomic mass is 16.5. The molecule has 0 unspecified atom stereocenters. The molecule has 2 rings (SSSR count). The van der Waals surface area contributed by atoms with Gasteiger partial charge in [-0.3, -0.25) is 0 Å². The monoisotopic (exact) mass is 472 g/mol. The average Bonchev–Trinajstić information content (AvgIpc) is 2.82. The van der Waals surface area contributed by atoms with E-state index in [0.717, 1.165) is 17.3 Å². The normalized spacial score (nSPS) is 9.88. The van der Waals surface area contributed by atoms with Crippen molar-refractivity contribution >= 4 is 34.7 Å². The third-order valence-corrected chi connectivity index (χ3v) is 3.93. The smallest absolute Gasteiger partial charge is 0.337 e. The minimum absolute atomic E-state index is 0.404. The van der Waals surface area contributed by atoms with Gasteiger partial charge in [0.1, 0.15) is 0 Å². The summed E-state index contributed by atoms with van der Waals surface area (Å²) < 4.78 is 9.32. The first-order chi connectivity index (χ1) is 16.2. The van der Waals surface area contributed by atoms with E-state index in [4.69, 9.17) is 11.5 Å². The number of hydrogen-bond acceptors (Lipinski definition) is 8. The fourth-order valence-electron chi connectivity index (χ4n) is 2.44. The lowest BCUT2D eigenvalue weighted by Gasteiger charge is -2.09. The Labute approximate surface area is 203 Å². The third-order valence-electron chi connectivity index (χ3n) is 3.93. The van der Waals surface area contributed by atoms with Crippen LogP contribution in [0, 0.1) is 5.92 Å². The van der Waals surface area contributed by atoms with Crippen LogP contribution in [0.15, 0.2) is 48.6 Å². The van der Waals surface area contributed by atoms with Gasteiger partial charge in [0.15, 0.2) is 0 Å². The van der Waals surface area contributed by atoms with Crippen molar-refractivity contribution < 1.29 is 19.1 Å². The molecule has 0 spiro atoms. The second kappa shape index (κ2) is 16.9. The Morgan fingerprint density at radius 1 is 0.794 bits per heavy atom. The molecule has 0 amide bonds. The molecule has 8 heteroatoms. The lowest BCUT2D eigenvalue weighted by molar-refractivity contribution is 0.0592. The minimum Gasteiger partial charge on any atom is -0.465 e. The molecule has 0 aliphatic rings. The standard InChI is InChI=1S/C20H24N4O4.C4H10.C2H6/c1-27-19(25)13-5-7-17(15(21)11-13)23-9-3-4-10-24-18-8-6-14(12-16(18)22)20(26)28-2;1-4(2)3;1-2/h3-8,11-12,23-24H,9-10,21-22H2,1-2H3;4H,1-3H3;1-2H3/b4-3+;;. The van der Waals surface area contributed by atoms with Crippen molar-refractivity contribution in [1.29, 1.82) is 0 Å². The zero-order valence-corrected chi connectivity index (χ0v) is 21.4. The largest absolute Gasteiger partial charge is 0.465 e. The summed E-state index contributed by atoms with van der Waals surface area (Å²) in [5, 5.41) is 6.33. The lowest BCUT2D eigenvalue weighted by atomic mass is 10.1. The van der Waals surface area contributed by atoms with Crippen LogP contribution in [-0.4, -0.2) is 39.2 Å². The van der Waals surface area contributed by atoms with Crippen molar-refractivity contribution in [2.45, 2.75) is 34.6 Å². The van der Waals surface area contributed by atoms with Crippen molar-refractivity contribution in [2.75, 3.05) is 49.4 Å². The summed E-state index contributed by atoms with van der Waals surface area (Å²) in [6, 6.07) is 9.90. The Balaban J connectivity index is 0.00000164. The number of nitrogens with one attached hydrogen (secondary N) is 2. The van der Waals surface area contributed by atoms with Crippen LogP contribution in [0.1, 0.15) is 55.3 Å². The van der Waals surface area contributed by atoms with Gasteiger partial charge in [-0.15, -0.1) is 0 Å². The molecule has 0 heterocycles. The topological polar surface area (TPSA) is 129 Å². The number of benzene rings is 2. The number of nitrogens with two attached hydrogens (primary N) is 2. The SMILES string of the molecule is CC.CC(C)C.COC(=O)c1ccc(NC/C=C/CNc2ccc(C(=O)OC)cc2N)c(N)c1. The maximum absolute atomic E-state index is 11.5. The summed E-state index contributed by atoms with van der Waals surface area (Å²) >= 11 is 0. The van der Waals surface area contributed by atoms with Gasteiger partial charge in [0.2, 0.25) is 0 Å². The maximum Gasteiger partial charge on any atom is 0.337 e. The van der Waals surface area contributed by atoms with Gasteiger partial charge in [0.05, 0.1) is 48.1 Å². The van der Waals surface area contributed by atoms with Gasteiger partial charge < -0.3 is 31.6 Å². The molecule has 2 aromatic rings. The van der Waals surface area contributed by atoms with Crippen LogP contribution in [0.25, 0.3) is 0 Å². The van der Waals surface area contributed by atoms with Gasteiger partial charge in [0.25, 0.3) is 0 Å². The van der Waals surface area contributed by atoms with Crippen molar-refractivity contribution in [1.82, 2.24) is 0 Å². The molecule has 0 fully saturated rings. The van der Waals surface area contributed by atoms with Crippen molar-refractivity contribution in [3.63, 3.8) is 0 Å². The van der Waals surface area contributed by atoms with Crippen LogP contribution >= 0.6 is 0 Å². The summed E-state index contributed by atoms with van der Waals surface area (Å²) in [6.07, 6.45) is 3.86. The number of carbonyl (C=O) groups excluding carboxylic acids is 2. The first-order valence-electron chi connectivity index (χ1n) is 11.3. The fraction of sp³-hybridized carbons (Fsp3) is 0.385. The second-order valence-electron chi connectivity index (χ2n) is 7.55. The second-order valence-corrected chi connectivity index (χ2v) is 7.55. The number of rotatable bonds is 8. The molecule has 0 aromatic heterocycles. The van der Waals surface area contributed by atoms with Crippen LogP contribution in [0.4, 0.5) is 22.7 Å². The average molecular weight is 473 g/mol. The molecular weight excluding hydrogens is 432 g/mol. The Kier molecular flexibility index (Phi) is 15.1. The minimum atomic E-state index is -0.428. The zero-order chi connectivity index (χ0) is 26.1. The maximum atomic E-state index is 11.5. The fourth-order valence-corrected chi connectivity index (χ4v) is 2.44. The number of ether oxygens (including phenoxy) is 2. The number of anilines is 4. The van der Waals surface area contributed by atoms with E-state index in [2.05, 4.69) is 40.9 Å². The quantitative estimate of drug-likeness (QED) is 0.235. The van der Waals surface area contributed by atoms with E-state index >= 15 is 0 Å². The summed E-state index contributed by atoms with van der Waals surface area (Å²) in [6.45, 7) is 11.6. The van der Waals surface area contributed by atoms with Crippen molar-refractivity contribution in [3.05, 3.63) is 59.7 Å². The van der Waals surface area contributed by atoms with E-state index in [1.54, 1.807) is 36.4 Å². The lowest BCUT2D eigenvalue weighted by Crippen LogP contribution is -2.07. The first kappa shape index (κ1) is 30.3. The molecule has 0 aliphatic heterocycles. The molecule has 2 aromatic carbocycles. The van der Waals surface area contributed by atoms with Crippen molar-refractivity contribution in [2.24, 2.45) is 5.92 Å². The van der Waals surface area contributed by atoms with Crippen LogP contribution < -0.4 is 22.1 Å². The Morgan fingerprint density at radius 2 is 1.12 bits per heavy atom. The van der Waals surface area contributed by atoms with Gasteiger partial charge in [0, 0.05) is 13.1 Å². The predicted octanol–water partition coefficient (Wildman–Crippen LogP) is 5.19. The molecular formula is C26H40N4O4. The number of nitrogen functional groups attached to an aromatic ring is 2. The van der Waals surface area contributed by atoms with E-state index in [-0.39, 0.29) is 0 Å². The number of carbonyl (C=O) groups is 2. The van der Waals surface area contributed by atoms with Gasteiger partial charge in [-0.05, 0) is 42.3 Å². The van der Waals surface area contributed by atoms with Crippen LogP contribution in [0.3, 0.4) is 0 Å². The highest BCUT2D eigenvalue weighted by Crippen LogP contribution is 2.21. The van der Waals surface area contributed by atoms with Gasteiger partial charge in [-0.25, -0.2) is 9.59 Å². The molecule has 0 bridgehead atoms. The zero-order valence-electron chi connectivity index (χ0n) is 21.4. The van der Waals surface area contributed by atoms with E-state index in [1.807, 2.05) is 26.0 Å². The first-order valence-corrected chi connectivity index (χ1v) is 11.3. The van der Waals surface area contributed by atoms with Gasteiger partial charge >= 0.3 is 11.9 Å². The van der Waals surface area contributed by atoms with Crippen LogP contribution in [-0.2, 0) is 9.47 Å². The molecule has 8 nitrogen and oxygen atoms in total.